The molecule has 0 N–H and O–H groups in total. The van der Waals surface area contributed by atoms with E-state index in [0.717, 1.165) is 6.07 Å². The molecule has 0 unspecified atom stereocenters. The average molecular weight is 186 g/mol. The van der Waals surface area contributed by atoms with Crippen molar-refractivity contribution in [1.29, 1.82) is 0 Å². The fourth-order valence-electron chi connectivity index (χ4n) is 1.12. The molecule has 0 bridgehead atoms. The summed E-state index contributed by atoms with van der Waals surface area (Å²) in [6.07, 6.45) is -4.40. The Morgan fingerprint density at radius 3 is 2.38 bits per heavy atom. The normalized spacial score (nSPS) is 12.2. The smallest absolute Gasteiger partial charge is 0.449 e. The Morgan fingerprint density at radius 1 is 1.08 bits per heavy atom. The molecule has 68 valence electrons. The number of halogens is 3. The van der Waals surface area contributed by atoms with Gasteiger partial charge in [0, 0.05) is 5.39 Å². The highest BCUT2D eigenvalue weighted by molar-refractivity contribution is 5.77. The Bertz CT molecular complexity index is 395. The lowest BCUT2D eigenvalue weighted by Gasteiger charge is -1.98. The minimum Gasteiger partial charge on any atom is -0.452 e. The first kappa shape index (κ1) is 8.16. The van der Waals surface area contributed by atoms with Crippen LogP contribution in [0.2, 0.25) is 0 Å². The zero-order valence-electron chi connectivity index (χ0n) is 6.43. The number of rotatable bonds is 0. The molecular weight excluding hydrogens is 181 g/mol. The number of hydrogen-bond donors (Lipinski definition) is 0. The van der Waals surface area contributed by atoms with Gasteiger partial charge in [0.05, 0.1) is 0 Å². The molecule has 0 aliphatic heterocycles. The van der Waals surface area contributed by atoms with E-state index in [-0.39, 0.29) is 5.58 Å². The quantitative estimate of drug-likeness (QED) is 0.614. The summed E-state index contributed by atoms with van der Waals surface area (Å²) in [5.41, 5.74) is 0.259. The van der Waals surface area contributed by atoms with Gasteiger partial charge in [0.2, 0.25) is 5.76 Å². The Balaban J connectivity index is 2.63. The van der Waals surface area contributed by atoms with Crippen LogP contribution in [0.15, 0.2) is 34.7 Å². The van der Waals surface area contributed by atoms with Crippen LogP contribution in [0, 0.1) is 0 Å². The summed E-state index contributed by atoms with van der Waals surface area (Å²) in [6.45, 7) is 0. The lowest BCUT2D eigenvalue weighted by atomic mass is 10.2. The lowest BCUT2D eigenvalue weighted by Crippen LogP contribution is -2.01. The zero-order chi connectivity index (χ0) is 9.47. The fraction of sp³-hybridized carbons (Fsp3) is 0.111. The van der Waals surface area contributed by atoms with Crippen LogP contribution >= 0.6 is 0 Å². The SMILES string of the molecule is FC(F)(F)c1cc2ccccc2o1. The summed E-state index contributed by atoms with van der Waals surface area (Å²) in [5, 5.41) is 0.467. The molecule has 13 heavy (non-hydrogen) atoms. The fourth-order valence-corrected chi connectivity index (χ4v) is 1.12. The van der Waals surface area contributed by atoms with Gasteiger partial charge >= 0.3 is 6.18 Å². The molecule has 0 atom stereocenters. The molecule has 1 heterocycles. The van der Waals surface area contributed by atoms with Crippen molar-refractivity contribution in [3.63, 3.8) is 0 Å². The molecule has 1 nitrogen and oxygen atoms in total. The second kappa shape index (κ2) is 2.52. The van der Waals surface area contributed by atoms with Crippen LogP contribution in [0.1, 0.15) is 5.76 Å². The average Bonchev–Trinajstić information content (AvgIpc) is 2.45. The van der Waals surface area contributed by atoms with E-state index in [0.29, 0.717) is 5.39 Å². The lowest BCUT2D eigenvalue weighted by molar-refractivity contribution is -0.152. The molecule has 0 amide bonds. The second-order valence-electron chi connectivity index (χ2n) is 2.65. The number of alkyl halides is 3. The van der Waals surface area contributed by atoms with Crippen molar-refractivity contribution in [3.05, 3.63) is 36.1 Å². The van der Waals surface area contributed by atoms with Crippen LogP contribution in [-0.4, -0.2) is 0 Å². The standard InChI is InChI=1S/C9H5F3O/c10-9(11,12)8-5-6-3-1-2-4-7(6)13-8/h1-5H. The number of fused-ring (bicyclic) bond motifs is 1. The van der Waals surface area contributed by atoms with E-state index in [1.807, 2.05) is 0 Å². The highest BCUT2D eigenvalue weighted by Crippen LogP contribution is 2.33. The van der Waals surface area contributed by atoms with Crippen molar-refractivity contribution in [3.8, 4) is 0 Å². The van der Waals surface area contributed by atoms with Crippen molar-refractivity contribution >= 4 is 11.0 Å². The third-order valence-electron chi connectivity index (χ3n) is 1.70. The molecule has 1 aromatic heterocycles. The van der Waals surface area contributed by atoms with Gasteiger partial charge in [-0.2, -0.15) is 13.2 Å². The molecular formula is C9H5F3O. The van der Waals surface area contributed by atoms with Crippen molar-refractivity contribution in [2.24, 2.45) is 0 Å². The van der Waals surface area contributed by atoms with Gasteiger partial charge in [0.15, 0.2) is 0 Å². The minimum absolute atomic E-state index is 0.259. The van der Waals surface area contributed by atoms with E-state index in [1.54, 1.807) is 18.2 Å². The molecule has 0 aliphatic rings. The largest absolute Gasteiger partial charge is 0.452 e. The predicted molar refractivity (Wildman–Crippen MR) is 41.2 cm³/mol. The van der Waals surface area contributed by atoms with Gasteiger partial charge < -0.3 is 4.42 Å². The molecule has 0 aliphatic carbocycles. The third kappa shape index (κ3) is 1.39. The first-order chi connectivity index (χ1) is 6.07. The zero-order valence-corrected chi connectivity index (χ0v) is 6.43. The Morgan fingerprint density at radius 2 is 1.77 bits per heavy atom. The molecule has 0 spiro atoms. The predicted octanol–water partition coefficient (Wildman–Crippen LogP) is 3.45. The summed E-state index contributed by atoms with van der Waals surface area (Å²) in [5.74, 6) is -0.950. The Labute approximate surface area is 71.8 Å². The molecule has 0 radical (unpaired) electrons. The van der Waals surface area contributed by atoms with Crippen molar-refractivity contribution in [1.82, 2.24) is 0 Å². The van der Waals surface area contributed by atoms with Crippen LogP contribution in [-0.2, 0) is 6.18 Å². The maximum absolute atomic E-state index is 12.1. The first-order valence-electron chi connectivity index (χ1n) is 3.63. The van der Waals surface area contributed by atoms with Crippen LogP contribution in [0.4, 0.5) is 13.2 Å². The summed E-state index contributed by atoms with van der Waals surface area (Å²) < 4.78 is 41.0. The summed E-state index contributed by atoms with van der Waals surface area (Å²) in [4.78, 5) is 0. The van der Waals surface area contributed by atoms with E-state index in [2.05, 4.69) is 4.42 Å². The molecule has 0 saturated carbocycles. The third-order valence-corrected chi connectivity index (χ3v) is 1.70. The van der Waals surface area contributed by atoms with Gasteiger partial charge in [-0.1, -0.05) is 18.2 Å². The monoisotopic (exact) mass is 186 g/mol. The van der Waals surface area contributed by atoms with Gasteiger partial charge in [-0.3, -0.25) is 0 Å². The highest BCUT2D eigenvalue weighted by Gasteiger charge is 2.34. The van der Waals surface area contributed by atoms with Crippen molar-refractivity contribution < 1.29 is 17.6 Å². The maximum Gasteiger partial charge on any atom is 0.449 e. The van der Waals surface area contributed by atoms with Gasteiger partial charge in [-0.25, -0.2) is 0 Å². The second-order valence-corrected chi connectivity index (χ2v) is 2.65. The first-order valence-corrected chi connectivity index (χ1v) is 3.63. The van der Waals surface area contributed by atoms with Crippen molar-refractivity contribution in [2.45, 2.75) is 6.18 Å². The van der Waals surface area contributed by atoms with E-state index >= 15 is 0 Å². The number of para-hydroxylation sites is 1. The number of hydrogen-bond acceptors (Lipinski definition) is 1. The van der Waals surface area contributed by atoms with E-state index in [4.69, 9.17) is 0 Å². The molecule has 4 heteroatoms. The van der Waals surface area contributed by atoms with Crippen LogP contribution in [0.5, 0.6) is 0 Å². The minimum atomic E-state index is -4.40. The van der Waals surface area contributed by atoms with Crippen LogP contribution in [0.25, 0.3) is 11.0 Å². The Kier molecular flexibility index (Phi) is 1.58. The number of furan rings is 1. The van der Waals surface area contributed by atoms with Crippen molar-refractivity contribution in [2.75, 3.05) is 0 Å². The topological polar surface area (TPSA) is 13.1 Å². The molecule has 2 aromatic rings. The molecule has 2 rings (SSSR count). The highest BCUT2D eigenvalue weighted by atomic mass is 19.4. The molecule has 1 aromatic carbocycles. The van der Waals surface area contributed by atoms with E-state index in [1.165, 1.54) is 6.07 Å². The molecule has 0 saturated heterocycles. The summed E-state index contributed by atoms with van der Waals surface area (Å²) in [6, 6.07) is 7.37. The van der Waals surface area contributed by atoms with Gasteiger partial charge in [-0.05, 0) is 12.1 Å². The van der Waals surface area contributed by atoms with E-state index < -0.39 is 11.9 Å². The molecule has 0 fully saturated rings. The van der Waals surface area contributed by atoms with Crippen LogP contribution < -0.4 is 0 Å². The van der Waals surface area contributed by atoms with Gasteiger partial charge in [-0.15, -0.1) is 0 Å². The summed E-state index contributed by atoms with van der Waals surface area (Å²) in [7, 11) is 0. The van der Waals surface area contributed by atoms with Gasteiger partial charge in [0.1, 0.15) is 5.58 Å². The summed E-state index contributed by atoms with van der Waals surface area (Å²) >= 11 is 0. The Hall–Kier alpha value is -1.45. The van der Waals surface area contributed by atoms with Crippen LogP contribution in [0.3, 0.4) is 0 Å². The number of benzene rings is 1. The van der Waals surface area contributed by atoms with Gasteiger partial charge in [0.25, 0.3) is 0 Å². The van der Waals surface area contributed by atoms with E-state index in [9.17, 15) is 13.2 Å². The maximum atomic E-state index is 12.1.